The summed E-state index contributed by atoms with van der Waals surface area (Å²) < 4.78 is 5.48. The molecule has 1 aromatic carbocycles. The molecule has 2 fully saturated rings. The third-order valence-corrected chi connectivity index (χ3v) is 5.06. The molecule has 0 unspecified atom stereocenters. The average Bonchev–Trinajstić information content (AvgIpc) is 2.90. The van der Waals surface area contributed by atoms with Gasteiger partial charge in [0.15, 0.2) is 0 Å². The highest BCUT2D eigenvalue weighted by Crippen LogP contribution is 2.39. The highest BCUT2D eigenvalue weighted by molar-refractivity contribution is 5.92. The normalized spacial score (nSPS) is 21.1. The Hall–Kier alpha value is -1.39. The number of aryl methyl sites for hydroxylation is 1. The van der Waals surface area contributed by atoms with Crippen molar-refractivity contribution in [2.75, 3.05) is 38.2 Å². The Labute approximate surface area is 132 Å². The van der Waals surface area contributed by atoms with Gasteiger partial charge in [-0.25, -0.2) is 0 Å². The van der Waals surface area contributed by atoms with Gasteiger partial charge in [0, 0.05) is 25.4 Å². The lowest BCUT2D eigenvalue weighted by Crippen LogP contribution is -2.36. The Balaban J connectivity index is 1.52. The molecule has 0 aromatic heterocycles. The number of likely N-dealkylation sites (tertiary alicyclic amines) is 1. The van der Waals surface area contributed by atoms with Crippen molar-refractivity contribution < 1.29 is 9.53 Å². The first-order chi connectivity index (χ1) is 10.7. The fourth-order valence-corrected chi connectivity index (χ4v) is 3.65. The van der Waals surface area contributed by atoms with Gasteiger partial charge in [0.25, 0.3) is 0 Å². The summed E-state index contributed by atoms with van der Waals surface area (Å²) >= 11 is 0. The van der Waals surface area contributed by atoms with Gasteiger partial charge in [0.1, 0.15) is 0 Å². The second-order valence-electron chi connectivity index (χ2n) is 6.68. The molecule has 3 rings (SSSR count). The largest absolute Gasteiger partial charge is 0.381 e. The highest BCUT2D eigenvalue weighted by Gasteiger charge is 2.39. The summed E-state index contributed by atoms with van der Waals surface area (Å²) in [5.41, 5.74) is 2.56. The first kappa shape index (κ1) is 15.5. The van der Waals surface area contributed by atoms with Gasteiger partial charge in [0.05, 0.1) is 6.54 Å². The zero-order valence-electron chi connectivity index (χ0n) is 13.4. The van der Waals surface area contributed by atoms with Crippen molar-refractivity contribution in [3.63, 3.8) is 0 Å². The van der Waals surface area contributed by atoms with Gasteiger partial charge in [0.2, 0.25) is 5.91 Å². The van der Waals surface area contributed by atoms with Gasteiger partial charge in [-0.3, -0.25) is 9.69 Å². The van der Waals surface area contributed by atoms with Crippen molar-refractivity contribution >= 4 is 11.6 Å². The van der Waals surface area contributed by atoms with Gasteiger partial charge in [-0.1, -0.05) is 19.1 Å². The number of carbonyl (C=O) groups is 1. The number of rotatable bonds is 4. The first-order valence-electron chi connectivity index (χ1n) is 8.38. The second kappa shape index (κ2) is 6.80. The second-order valence-corrected chi connectivity index (χ2v) is 6.68. The first-order valence-corrected chi connectivity index (χ1v) is 8.38. The predicted octanol–water partition coefficient (Wildman–Crippen LogP) is 2.69. The highest BCUT2D eigenvalue weighted by atomic mass is 16.5. The molecule has 2 aliphatic rings. The molecular formula is C18H26N2O2. The topological polar surface area (TPSA) is 41.6 Å². The summed E-state index contributed by atoms with van der Waals surface area (Å²) in [6.07, 6.45) is 4.47. The number of nitrogens with one attached hydrogen (secondary N) is 1. The van der Waals surface area contributed by atoms with E-state index >= 15 is 0 Å². The maximum absolute atomic E-state index is 12.3. The molecule has 4 nitrogen and oxygen atoms in total. The lowest BCUT2D eigenvalue weighted by molar-refractivity contribution is -0.117. The number of anilines is 1. The fraction of sp³-hybridized carbons (Fsp3) is 0.611. The number of ether oxygens (including phenoxy) is 1. The number of benzene rings is 1. The number of amides is 1. The fourth-order valence-electron chi connectivity index (χ4n) is 3.65. The van der Waals surface area contributed by atoms with Crippen LogP contribution in [0.3, 0.4) is 0 Å². The Morgan fingerprint density at radius 3 is 2.91 bits per heavy atom. The van der Waals surface area contributed by atoms with E-state index in [1.165, 1.54) is 12.0 Å². The summed E-state index contributed by atoms with van der Waals surface area (Å²) in [5.74, 6) is 0.0948. The van der Waals surface area contributed by atoms with E-state index in [2.05, 4.69) is 29.3 Å². The van der Waals surface area contributed by atoms with E-state index in [9.17, 15) is 4.79 Å². The molecular weight excluding hydrogens is 276 g/mol. The van der Waals surface area contributed by atoms with E-state index in [0.29, 0.717) is 12.0 Å². The van der Waals surface area contributed by atoms with Crippen LogP contribution in [0.1, 0.15) is 31.7 Å². The minimum absolute atomic E-state index is 0.0948. The van der Waals surface area contributed by atoms with Gasteiger partial charge in [-0.05, 0) is 55.3 Å². The number of hydrogen-bond donors (Lipinski definition) is 1. The SMILES string of the molecule is CCc1cccc(NC(=O)CN2CCC3(CCOCC3)C2)c1. The smallest absolute Gasteiger partial charge is 0.238 e. The van der Waals surface area contributed by atoms with Crippen LogP contribution in [0.4, 0.5) is 5.69 Å². The molecule has 0 saturated carbocycles. The van der Waals surface area contributed by atoms with Crippen LogP contribution in [0.2, 0.25) is 0 Å². The third-order valence-electron chi connectivity index (χ3n) is 5.06. The zero-order valence-corrected chi connectivity index (χ0v) is 13.4. The molecule has 22 heavy (non-hydrogen) atoms. The number of carbonyl (C=O) groups excluding carboxylic acids is 1. The molecule has 1 spiro atoms. The van der Waals surface area contributed by atoms with Gasteiger partial charge in [-0.15, -0.1) is 0 Å². The van der Waals surface area contributed by atoms with Crippen LogP contribution in [-0.2, 0) is 16.0 Å². The van der Waals surface area contributed by atoms with Gasteiger partial charge < -0.3 is 10.1 Å². The lowest BCUT2D eigenvalue weighted by atomic mass is 9.80. The maximum Gasteiger partial charge on any atom is 0.238 e. The summed E-state index contributed by atoms with van der Waals surface area (Å²) in [4.78, 5) is 14.6. The van der Waals surface area contributed by atoms with E-state index in [1.807, 2.05) is 12.1 Å². The van der Waals surface area contributed by atoms with Crippen molar-refractivity contribution in [3.05, 3.63) is 29.8 Å². The quantitative estimate of drug-likeness (QED) is 0.930. The lowest BCUT2D eigenvalue weighted by Gasteiger charge is -2.33. The van der Waals surface area contributed by atoms with Crippen LogP contribution >= 0.6 is 0 Å². The molecule has 0 atom stereocenters. The molecule has 0 radical (unpaired) electrons. The van der Waals surface area contributed by atoms with E-state index in [-0.39, 0.29) is 5.91 Å². The van der Waals surface area contributed by atoms with Crippen molar-refractivity contribution in [2.24, 2.45) is 5.41 Å². The molecule has 1 N–H and O–H groups in total. The molecule has 0 bridgehead atoms. The standard InChI is InChI=1S/C18H26N2O2/c1-2-15-4-3-5-16(12-15)19-17(21)13-20-9-6-18(14-20)7-10-22-11-8-18/h3-5,12H,2,6-11,13-14H2,1H3,(H,19,21). The molecule has 0 aliphatic carbocycles. The van der Waals surface area contributed by atoms with Crippen molar-refractivity contribution in [2.45, 2.75) is 32.6 Å². The van der Waals surface area contributed by atoms with Crippen LogP contribution < -0.4 is 5.32 Å². The van der Waals surface area contributed by atoms with Crippen LogP contribution in [0.5, 0.6) is 0 Å². The number of nitrogens with zero attached hydrogens (tertiary/aromatic N) is 1. The summed E-state index contributed by atoms with van der Waals surface area (Å²) in [6, 6.07) is 8.11. The molecule has 1 aromatic rings. The maximum atomic E-state index is 12.3. The Morgan fingerprint density at radius 2 is 2.14 bits per heavy atom. The van der Waals surface area contributed by atoms with E-state index in [0.717, 1.165) is 51.3 Å². The molecule has 2 saturated heterocycles. The molecule has 2 heterocycles. The Bertz CT molecular complexity index is 524. The molecule has 1 amide bonds. The minimum Gasteiger partial charge on any atom is -0.381 e. The zero-order chi connectivity index (χ0) is 15.4. The van der Waals surface area contributed by atoms with Crippen molar-refractivity contribution in [1.29, 1.82) is 0 Å². The van der Waals surface area contributed by atoms with Crippen LogP contribution in [-0.4, -0.2) is 43.7 Å². The van der Waals surface area contributed by atoms with E-state index < -0.39 is 0 Å². The predicted molar refractivity (Wildman–Crippen MR) is 88.0 cm³/mol. The Kier molecular flexibility index (Phi) is 4.79. The van der Waals surface area contributed by atoms with E-state index in [4.69, 9.17) is 4.74 Å². The summed E-state index contributed by atoms with van der Waals surface area (Å²) in [7, 11) is 0. The Morgan fingerprint density at radius 1 is 1.32 bits per heavy atom. The summed E-state index contributed by atoms with van der Waals surface area (Å²) in [6.45, 7) is 6.45. The monoisotopic (exact) mass is 302 g/mol. The van der Waals surface area contributed by atoms with Gasteiger partial charge >= 0.3 is 0 Å². The molecule has 120 valence electrons. The summed E-state index contributed by atoms with van der Waals surface area (Å²) in [5, 5.41) is 3.03. The average molecular weight is 302 g/mol. The van der Waals surface area contributed by atoms with Crippen LogP contribution in [0.25, 0.3) is 0 Å². The van der Waals surface area contributed by atoms with Gasteiger partial charge in [-0.2, -0.15) is 0 Å². The van der Waals surface area contributed by atoms with Crippen molar-refractivity contribution in [1.82, 2.24) is 4.90 Å². The molecule has 2 aliphatic heterocycles. The minimum atomic E-state index is 0.0948. The van der Waals surface area contributed by atoms with E-state index in [1.54, 1.807) is 0 Å². The van der Waals surface area contributed by atoms with Crippen LogP contribution in [0, 0.1) is 5.41 Å². The number of hydrogen-bond acceptors (Lipinski definition) is 3. The van der Waals surface area contributed by atoms with Crippen molar-refractivity contribution in [3.8, 4) is 0 Å². The van der Waals surface area contributed by atoms with Crippen LogP contribution in [0.15, 0.2) is 24.3 Å². The third kappa shape index (κ3) is 3.68. The molecule has 4 heteroatoms.